The minimum atomic E-state index is -0.637. The molecule has 4 N–H and O–H groups in total. The zero-order valence-electron chi connectivity index (χ0n) is 38.1. The smallest absolute Gasteiger partial charge is 0.309 e. The summed E-state index contributed by atoms with van der Waals surface area (Å²) >= 11 is 14.1. The molecule has 2 aromatic carbocycles. The summed E-state index contributed by atoms with van der Waals surface area (Å²) < 4.78 is 3.80. The number of nitrogens with one attached hydrogen (secondary N) is 2. The molecule has 13 nitrogen and oxygen atoms in total. The van der Waals surface area contributed by atoms with Crippen molar-refractivity contribution >= 4 is 58.3 Å². The molecule has 2 amide bonds. The summed E-state index contributed by atoms with van der Waals surface area (Å²) in [6.45, 7) is 2.43. The zero-order chi connectivity index (χ0) is 46.2. The molecule has 5 fully saturated rings. The molecule has 350 valence electrons. The Morgan fingerprint density at radius 2 is 1.21 bits per heavy atom. The van der Waals surface area contributed by atoms with E-state index < -0.39 is 22.8 Å². The van der Waals surface area contributed by atoms with Crippen molar-refractivity contribution in [3.63, 3.8) is 0 Å². The van der Waals surface area contributed by atoms with E-state index in [1.54, 1.807) is 18.2 Å². The summed E-state index contributed by atoms with van der Waals surface area (Å²) in [5.41, 5.74) is 5.33. The summed E-state index contributed by atoms with van der Waals surface area (Å²) in [7, 11) is 3.79. The Labute approximate surface area is 396 Å². The van der Waals surface area contributed by atoms with E-state index in [9.17, 15) is 29.4 Å². The molecule has 2 aromatic heterocycles. The van der Waals surface area contributed by atoms with Gasteiger partial charge in [0.15, 0.2) is 11.6 Å². The highest BCUT2D eigenvalue weighted by Crippen LogP contribution is 2.64. The molecule has 5 saturated carbocycles. The molecule has 3 heterocycles. The van der Waals surface area contributed by atoms with Crippen LogP contribution < -0.4 is 10.6 Å². The molecule has 1 unspecified atom stereocenters. The lowest BCUT2D eigenvalue weighted by Gasteiger charge is -2.53. The number of nitrogens with zero attached hydrogens (tertiary/aromatic N) is 5. The Balaban J connectivity index is 0.780. The van der Waals surface area contributed by atoms with Crippen molar-refractivity contribution in [3.05, 3.63) is 80.9 Å². The van der Waals surface area contributed by atoms with Crippen LogP contribution >= 0.6 is 23.2 Å². The number of carboxylic acids is 2. The number of fused-ring (bicyclic) bond motifs is 7. The number of aryl methyl sites for hydroxylation is 1. The third-order valence-corrected chi connectivity index (χ3v) is 18.4. The number of carboxylic acid groups (broad SMARTS) is 2. The Morgan fingerprint density at radius 3 is 1.77 bits per heavy atom. The van der Waals surface area contributed by atoms with Gasteiger partial charge in [0.1, 0.15) is 0 Å². The number of aliphatic carboxylic acids is 2. The van der Waals surface area contributed by atoms with Gasteiger partial charge in [0, 0.05) is 62.7 Å². The van der Waals surface area contributed by atoms with E-state index in [2.05, 4.69) is 15.5 Å². The van der Waals surface area contributed by atoms with Crippen LogP contribution in [-0.4, -0.2) is 71.1 Å². The first-order chi connectivity index (χ1) is 31.6. The summed E-state index contributed by atoms with van der Waals surface area (Å²) in [5.74, 6) is -0.770. The Hall–Kier alpha value is -4.72. The van der Waals surface area contributed by atoms with Crippen LogP contribution in [0.15, 0.2) is 36.4 Å². The second-order valence-corrected chi connectivity index (χ2v) is 21.9. The number of anilines is 2. The molecule has 0 spiro atoms. The molecular formula is C51H61Cl2N7O6. The van der Waals surface area contributed by atoms with E-state index in [0.717, 1.165) is 158 Å². The highest BCUT2D eigenvalue weighted by atomic mass is 35.5. The van der Waals surface area contributed by atoms with Gasteiger partial charge in [0.2, 0.25) is 0 Å². The average Bonchev–Trinajstić information content (AvgIpc) is 4.05. The van der Waals surface area contributed by atoms with E-state index in [4.69, 9.17) is 33.2 Å². The van der Waals surface area contributed by atoms with Crippen molar-refractivity contribution < 1.29 is 29.4 Å². The van der Waals surface area contributed by atoms with Gasteiger partial charge >= 0.3 is 11.9 Å². The molecule has 1 aliphatic heterocycles. The van der Waals surface area contributed by atoms with Crippen LogP contribution in [0.25, 0.3) is 11.1 Å². The molecule has 11 rings (SSSR count). The number of hydrogen-bond donors (Lipinski definition) is 4. The Morgan fingerprint density at radius 1 is 0.682 bits per heavy atom. The maximum atomic E-state index is 13.9. The van der Waals surface area contributed by atoms with Gasteiger partial charge in [-0.15, -0.1) is 0 Å². The molecule has 4 bridgehead atoms. The second-order valence-electron chi connectivity index (χ2n) is 21.2. The summed E-state index contributed by atoms with van der Waals surface area (Å²) in [6, 6.07) is 10.8. The summed E-state index contributed by atoms with van der Waals surface area (Å²) in [4.78, 5) is 64.0. The average molecular weight is 939 g/mol. The lowest BCUT2D eigenvalue weighted by Crippen LogP contribution is -2.51. The number of carbonyl (C=O) groups excluding carboxylic acids is 2. The van der Waals surface area contributed by atoms with E-state index in [1.165, 1.54) is 0 Å². The van der Waals surface area contributed by atoms with Crippen molar-refractivity contribution in [3.8, 4) is 11.1 Å². The quantitative estimate of drug-likeness (QED) is 0.108. The van der Waals surface area contributed by atoms with Gasteiger partial charge in [-0.25, -0.2) is 9.97 Å². The first kappa shape index (κ1) is 45.1. The fraction of sp³-hybridized carbons (Fsp3) is 0.569. The number of hydrogen-bond acceptors (Lipinski definition) is 7. The number of amides is 2. The number of halogens is 2. The highest BCUT2D eigenvalue weighted by Gasteiger charge is 2.58. The van der Waals surface area contributed by atoms with Crippen LogP contribution in [0, 0.1) is 27.6 Å². The fourth-order valence-corrected chi connectivity index (χ4v) is 13.9. The molecule has 15 heteroatoms. The maximum absolute atomic E-state index is 13.9. The first-order valence-electron chi connectivity index (χ1n) is 24.1. The van der Waals surface area contributed by atoms with Gasteiger partial charge in [-0.2, -0.15) is 0 Å². The van der Waals surface area contributed by atoms with Crippen LogP contribution in [-0.2, 0) is 49.5 Å². The van der Waals surface area contributed by atoms with Gasteiger partial charge in [-0.3, -0.25) is 24.1 Å². The number of carbonyl (C=O) groups is 4. The number of rotatable bonds is 12. The molecule has 0 saturated heterocycles. The number of aromatic nitrogens is 4. The topological polar surface area (TPSA) is 172 Å². The monoisotopic (exact) mass is 937 g/mol. The third kappa shape index (κ3) is 7.94. The molecule has 0 radical (unpaired) electrons. The summed E-state index contributed by atoms with van der Waals surface area (Å²) in [5, 5.41) is 26.4. The second kappa shape index (κ2) is 17.1. The lowest BCUT2D eigenvalue weighted by molar-refractivity contribution is -0.159. The molecule has 6 aliphatic carbocycles. The normalized spacial score (nSPS) is 28.0. The predicted octanol–water partition coefficient (Wildman–Crippen LogP) is 10.1. The molecule has 1 atom stereocenters. The number of benzene rings is 2. The van der Waals surface area contributed by atoms with E-state index in [-0.39, 0.29) is 22.6 Å². The predicted molar refractivity (Wildman–Crippen MR) is 253 cm³/mol. The van der Waals surface area contributed by atoms with Crippen molar-refractivity contribution in [2.75, 3.05) is 23.7 Å². The van der Waals surface area contributed by atoms with Gasteiger partial charge in [0.05, 0.1) is 43.6 Å². The van der Waals surface area contributed by atoms with Crippen molar-refractivity contribution in [2.24, 2.45) is 41.7 Å². The number of imidazole rings is 2. The Bertz CT molecular complexity index is 2600. The third-order valence-electron chi connectivity index (χ3n) is 17.6. The largest absolute Gasteiger partial charge is 0.481 e. The SMILES string of the molecule is Cn1c(C(=O)Nc2cccc(-c3cccc(NC(=O)c4nc5c(n4C)CCN(CC46CCC(C(=O)O)(CC4)CC6)C5)c3Cl)c2Cl)nc2c1CCC(CCC13CCC(C(=O)O)(CC1)C3)CCC2. The standard InChI is InChI=1S/C51H61Cl2N7O6/c1-58-38-13-12-31(14-16-48-17-25-51(29-48,26-18-48)47(65)66)6-3-9-34(38)54-42(58)44(61)56-35-10-4-7-32(40(35)52)33-8-5-11-36(41(33)53)57-45(62)43-55-37-28-60(27-15-39(37)59(43)2)30-49-19-22-50(23-20-49,24-21-49)46(63)64/h4-5,7-8,10-11,31H,3,6,9,12-30H2,1-2H3,(H,56,61)(H,57,62)(H,63,64)(H,65,66). The minimum absolute atomic E-state index is 0.149. The molecular weight excluding hydrogens is 878 g/mol. The maximum Gasteiger partial charge on any atom is 0.309 e. The van der Waals surface area contributed by atoms with Crippen LogP contribution in [0.5, 0.6) is 0 Å². The van der Waals surface area contributed by atoms with E-state index in [0.29, 0.717) is 56.7 Å². The van der Waals surface area contributed by atoms with Crippen molar-refractivity contribution in [1.82, 2.24) is 24.0 Å². The van der Waals surface area contributed by atoms with Crippen molar-refractivity contribution in [1.29, 1.82) is 0 Å². The van der Waals surface area contributed by atoms with E-state index in [1.807, 2.05) is 41.4 Å². The lowest BCUT2D eigenvalue weighted by atomic mass is 9.53. The van der Waals surface area contributed by atoms with Crippen molar-refractivity contribution in [2.45, 2.75) is 129 Å². The van der Waals surface area contributed by atoms with Gasteiger partial charge in [0.25, 0.3) is 11.8 Å². The van der Waals surface area contributed by atoms with Gasteiger partial charge in [-0.05, 0) is 138 Å². The van der Waals surface area contributed by atoms with E-state index >= 15 is 0 Å². The van der Waals surface area contributed by atoms with Gasteiger partial charge < -0.3 is 30.0 Å². The molecule has 4 aromatic rings. The van der Waals surface area contributed by atoms with Crippen LogP contribution in [0.4, 0.5) is 11.4 Å². The zero-order valence-corrected chi connectivity index (χ0v) is 39.6. The molecule has 7 aliphatic rings. The van der Waals surface area contributed by atoms with Crippen LogP contribution in [0.1, 0.15) is 147 Å². The van der Waals surface area contributed by atoms with Crippen LogP contribution in [0.2, 0.25) is 10.0 Å². The minimum Gasteiger partial charge on any atom is -0.481 e. The van der Waals surface area contributed by atoms with Crippen LogP contribution in [0.3, 0.4) is 0 Å². The molecule has 66 heavy (non-hydrogen) atoms. The highest BCUT2D eigenvalue weighted by molar-refractivity contribution is 6.40. The fourth-order valence-electron chi connectivity index (χ4n) is 13.3. The van der Waals surface area contributed by atoms with Gasteiger partial charge in [-0.1, -0.05) is 53.9 Å². The summed E-state index contributed by atoms with van der Waals surface area (Å²) in [6.07, 6.45) is 17.4. The Kier molecular flexibility index (Phi) is 11.7. The first-order valence-corrected chi connectivity index (χ1v) is 24.9.